The van der Waals surface area contributed by atoms with Crippen LogP contribution >= 0.6 is 0 Å². The Morgan fingerprint density at radius 3 is 1.82 bits per heavy atom. The third kappa shape index (κ3) is 7.66. The summed E-state index contributed by atoms with van der Waals surface area (Å²) in [6.07, 6.45) is 0.854. The van der Waals surface area contributed by atoms with E-state index in [1.54, 1.807) is 14.2 Å². The SMILES string of the molecule is COc1ccc(CNc2cc(CCC(=O)OC(C)(C)C)c(NCc3ccc(OC)cc3)c3ccccc23)cc1. The van der Waals surface area contributed by atoms with Crippen LogP contribution in [0.3, 0.4) is 0 Å². The largest absolute Gasteiger partial charge is 0.497 e. The number of esters is 1. The summed E-state index contributed by atoms with van der Waals surface area (Å²) in [5.41, 5.74) is 4.89. The van der Waals surface area contributed by atoms with Crippen LogP contribution < -0.4 is 20.1 Å². The van der Waals surface area contributed by atoms with Crippen LogP contribution in [0.15, 0.2) is 78.9 Å². The molecule has 0 saturated carbocycles. The lowest BCUT2D eigenvalue weighted by molar-refractivity contribution is -0.154. The van der Waals surface area contributed by atoms with Gasteiger partial charge < -0.3 is 24.8 Å². The van der Waals surface area contributed by atoms with Crippen LogP contribution in [-0.4, -0.2) is 25.8 Å². The van der Waals surface area contributed by atoms with Crippen LogP contribution in [0.2, 0.25) is 0 Å². The number of carbonyl (C=O) groups excluding carboxylic acids is 1. The van der Waals surface area contributed by atoms with Gasteiger partial charge in [-0.2, -0.15) is 0 Å². The third-order valence-corrected chi connectivity index (χ3v) is 6.42. The number of ether oxygens (including phenoxy) is 3. The number of rotatable bonds is 11. The van der Waals surface area contributed by atoms with Gasteiger partial charge in [-0.1, -0.05) is 48.5 Å². The number of hydrogen-bond donors (Lipinski definition) is 2. The van der Waals surface area contributed by atoms with Crippen LogP contribution in [0.25, 0.3) is 10.8 Å². The fraction of sp³-hybridized carbons (Fsp3) is 0.303. The van der Waals surface area contributed by atoms with Gasteiger partial charge in [-0.3, -0.25) is 4.79 Å². The molecule has 204 valence electrons. The normalized spacial score (nSPS) is 11.2. The minimum absolute atomic E-state index is 0.204. The maximum absolute atomic E-state index is 12.6. The third-order valence-electron chi connectivity index (χ3n) is 6.42. The summed E-state index contributed by atoms with van der Waals surface area (Å²) >= 11 is 0. The quantitative estimate of drug-likeness (QED) is 0.199. The molecule has 0 heterocycles. The lowest BCUT2D eigenvalue weighted by Gasteiger charge is -2.21. The Hall–Kier alpha value is -4.19. The van der Waals surface area contributed by atoms with E-state index in [9.17, 15) is 4.79 Å². The molecule has 0 saturated heterocycles. The molecule has 0 atom stereocenters. The van der Waals surface area contributed by atoms with E-state index in [0.717, 1.165) is 50.3 Å². The molecule has 6 nitrogen and oxygen atoms in total. The Kier molecular flexibility index (Phi) is 8.97. The van der Waals surface area contributed by atoms with Crippen molar-refractivity contribution in [3.8, 4) is 11.5 Å². The van der Waals surface area contributed by atoms with Crippen LogP contribution in [0.5, 0.6) is 11.5 Å². The second kappa shape index (κ2) is 12.6. The molecular weight excluding hydrogens is 488 g/mol. The molecule has 0 aliphatic rings. The number of aryl methyl sites for hydroxylation is 1. The van der Waals surface area contributed by atoms with E-state index in [0.29, 0.717) is 25.9 Å². The predicted octanol–water partition coefficient (Wildman–Crippen LogP) is 7.36. The van der Waals surface area contributed by atoms with Crippen molar-refractivity contribution in [1.29, 1.82) is 0 Å². The number of carbonyl (C=O) groups is 1. The highest BCUT2D eigenvalue weighted by Gasteiger charge is 2.18. The van der Waals surface area contributed by atoms with Gasteiger partial charge >= 0.3 is 5.97 Å². The number of anilines is 2. The van der Waals surface area contributed by atoms with Crippen molar-refractivity contribution in [1.82, 2.24) is 0 Å². The van der Waals surface area contributed by atoms with Gasteiger partial charge in [0.2, 0.25) is 0 Å². The molecule has 0 bridgehead atoms. The Morgan fingerprint density at radius 1 is 0.744 bits per heavy atom. The molecule has 0 fully saturated rings. The van der Waals surface area contributed by atoms with Gasteiger partial charge in [0.25, 0.3) is 0 Å². The van der Waals surface area contributed by atoms with E-state index in [-0.39, 0.29) is 5.97 Å². The van der Waals surface area contributed by atoms with E-state index in [4.69, 9.17) is 14.2 Å². The van der Waals surface area contributed by atoms with E-state index in [1.165, 1.54) is 0 Å². The first-order valence-corrected chi connectivity index (χ1v) is 13.3. The first-order chi connectivity index (χ1) is 18.8. The summed E-state index contributed by atoms with van der Waals surface area (Å²) in [6, 6.07) is 26.6. The summed E-state index contributed by atoms with van der Waals surface area (Å²) in [6.45, 7) is 6.99. The zero-order valence-electron chi connectivity index (χ0n) is 23.5. The van der Waals surface area contributed by atoms with Gasteiger partial charge in [0.05, 0.1) is 14.2 Å². The van der Waals surface area contributed by atoms with Gasteiger partial charge in [-0.05, 0) is 74.2 Å². The maximum atomic E-state index is 12.6. The summed E-state index contributed by atoms with van der Waals surface area (Å²) in [4.78, 5) is 12.6. The second-order valence-corrected chi connectivity index (χ2v) is 10.5. The van der Waals surface area contributed by atoms with Crippen LogP contribution in [0, 0.1) is 0 Å². The molecule has 39 heavy (non-hydrogen) atoms. The number of fused-ring (bicyclic) bond motifs is 1. The highest BCUT2D eigenvalue weighted by molar-refractivity contribution is 6.03. The summed E-state index contributed by atoms with van der Waals surface area (Å²) in [5, 5.41) is 9.50. The van der Waals surface area contributed by atoms with Crippen molar-refractivity contribution in [2.75, 3.05) is 24.9 Å². The fourth-order valence-corrected chi connectivity index (χ4v) is 4.49. The zero-order valence-corrected chi connectivity index (χ0v) is 23.5. The summed E-state index contributed by atoms with van der Waals surface area (Å²) in [7, 11) is 3.34. The standard InChI is InChI=1S/C33H38N2O4/c1-33(2,3)39-31(36)19-14-25-20-30(34-21-23-10-15-26(37-4)16-11-23)28-8-6-7-9-29(28)32(25)35-22-24-12-17-27(38-5)18-13-24/h6-13,15-18,20,34-35H,14,19,21-22H2,1-5H3. The van der Waals surface area contributed by atoms with Gasteiger partial charge in [0.15, 0.2) is 0 Å². The van der Waals surface area contributed by atoms with Crippen molar-refractivity contribution in [2.24, 2.45) is 0 Å². The molecule has 0 amide bonds. The molecule has 0 aromatic heterocycles. The number of methoxy groups -OCH3 is 2. The number of hydrogen-bond acceptors (Lipinski definition) is 6. The Morgan fingerprint density at radius 2 is 1.28 bits per heavy atom. The lowest BCUT2D eigenvalue weighted by atomic mass is 9.98. The Bertz CT molecular complexity index is 1390. The molecule has 0 aliphatic heterocycles. The molecule has 2 N–H and O–H groups in total. The molecule has 0 aliphatic carbocycles. The average Bonchev–Trinajstić information content (AvgIpc) is 2.93. The van der Waals surface area contributed by atoms with Gasteiger partial charge in [-0.15, -0.1) is 0 Å². The van der Waals surface area contributed by atoms with Gasteiger partial charge in [0, 0.05) is 41.7 Å². The van der Waals surface area contributed by atoms with E-state index in [2.05, 4.69) is 59.2 Å². The molecule has 0 radical (unpaired) electrons. The zero-order chi connectivity index (χ0) is 27.8. The molecule has 4 aromatic carbocycles. The molecular formula is C33H38N2O4. The highest BCUT2D eigenvalue weighted by Crippen LogP contribution is 2.35. The second-order valence-electron chi connectivity index (χ2n) is 10.5. The number of nitrogens with one attached hydrogen (secondary N) is 2. The van der Waals surface area contributed by atoms with E-state index in [1.807, 2.05) is 51.1 Å². The minimum Gasteiger partial charge on any atom is -0.497 e. The first-order valence-electron chi connectivity index (χ1n) is 13.3. The van der Waals surface area contributed by atoms with Crippen molar-refractivity contribution in [3.63, 3.8) is 0 Å². The molecule has 0 spiro atoms. The molecule has 0 unspecified atom stereocenters. The Labute approximate surface area is 231 Å². The van der Waals surface area contributed by atoms with Crippen LogP contribution in [0.4, 0.5) is 11.4 Å². The summed E-state index contributed by atoms with van der Waals surface area (Å²) in [5.74, 6) is 1.46. The van der Waals surface area contributed by atoms with Gasteiger partial charge in [0.1, 0.15) is 17.1 Å². The highest BCUT2D eigenvalue weighted by atomic mass is 16.6. The average molecular weight is 527 g/mol. The van der Waals surface area contributed by atoms with Crippen LogP contribution in [-0.2, 0) is 29.0 Å². The topological polar surface area (TPSA) is 68.8 Å². The van der Waals surface area contributed by atoms with E-state index < -0.39 is 5.60 Å². The van der Waals surface area contributed by atoms with Gasteiger partial charge in [-0.25, -0.2) is 0 Å². The van der Waals surface area contributed by atoms with Crippen molar-refractivity contribution in [3.05, 3.63) is 95.6 Å². The van der Waals surface area contributed by atoms with Crippen molar-refractivity contribution < 1.29 is 19.0 Å². The van der Waals surface area contributed by atoms with Crippen molar-refractivity contribution >= 4 is 28.1 Å². The monoisotopic (exact) mass is 526 g/mol. The Balaban J connectivity index is 1.64. The molecule has 4 rings (SSSR count). The molecule has 6 heteroatoms. The minimum atomic E-state index is -0.513. The predicted molar refractivity (Wildman–Crippen MR) is 159 cm³/mol. The van der Waals surface area contributed by atoms with E-state index >= 15 is 0 Å². The summed E-state index contributed by atoms with van der Waals surface area (Å²) < 4.78 is 16.2. The first kappa shape index (κ1) is 27.8. The number of benzene rings is 4. The van der Waals surface area contributed by atoms with Crippen LogP contribution in [0.1, 0.15) is 43.9 Å². The lowest BCUT2D eigenvalue weighted by Crippen LogP contribution is -2.24. The molecule has 4 aromatic rings. The fourth-order valence-electron chi connectivity index (χ4n) is 4.49. The van der Waals surface area contributed by atoms with Crippen molar-refractivity contribution in [2.45, 2.75) is 52.3 Å². The smallest absolute Gasteiger partial charge is 0.306 e. The maximum Gasteiger partial charge on any atom is 0.306 e.